The number of ether oxygens (including phenoxy) is 4. The number of methoxy groups -OCH3 is 3. The van der Waals surface area contributed by atoms with Gasteiger partial charge in [0.05, 0.1) is 38.7 Å². The minimum Gasteiger partial charge on any atom is -0.493 e. The Kier molecular flexibility index (Phi) is 10.6. The number of amides is 2. The summed E-state index contributed by atoms with van der Waals surface area (Å²) < 4.78 is 61.2. The fraction of sp³-hybridized carbons (Fsp3) is 0.125. The molecule has 4 rings (SSSR count). The van der Waals surface area contributed by atoms with Gasteiger partial charge in [0.1, 0.15) is 5.75 Å². The lowest BCUT2D eigenvalue weighted by Crippen LogP contribution is -2.19. The van der Waals surface area contributed by atoms with E-state index in [0.29, 0.717) is 15.8 Å². The van der Waals surface area contributed by atoms with Crippen LogP contribution in [0.25, 0.3) is 0 Å². The molecule has 0 fully saturated rings. The van der Waals surface area contributed by atoms with E-state index in [1.165, 1.54) is 76.1 Å². The zero-order valence-corrected chi connectivity index (χ0v) is 26.0. The van der Waals surface area contributed by atoms with Crippen LogP contribution in [0.3, 0.4) is 0 Å². The van der Waals surface area contributed by atoms with E-state index in [-0.39, 0.29) is 39.6 Å². The molecule has 14 heteroatoms. The molecule has 0 heterocycles. The predicted molar refractivity (Wildman–Crippen MR) is 166 cm³/mol. The molecule has 0 bridgehead atoms. The number of nitrogens with one attached hydrogen (secondary N) is 2. The van der Waals surface area contributed by atoms with Crippen molar-refractivity contribution in [2.75, 3.05) is 26.6 Å². The van der Waals surface area contributed by atoms with Crippen molar-refractivity contribution in [1.82, 2.24) is 5.43 Å². The second-order valence-electron chi connectivity index (χ2n) is 9.30. The van der Waals surface area contributed by atoms with Crippen molar-refractivity contribution in [1.29, 1.82) is 0 Å². The van der Waals surface area contributed by atoms with E-state index in [1.54, 1.807) is 12.1 Å². The van der Waals surface area contributed by atoms with Crippen LogP contribution < -0.4 is 29.7 Å². The van der Waals surface area contributed by atoms with Gasteiger partial charge in [-0.2, -0.15) is 18.3 Å². The Hall–Kier alpha value is -5.37. The fourth-order valence-electron chi connectivity index (χ4n) is 4.07. The zero-order chi connectivity index (χ0) is 33.4. The SMILES string of the molecule is COc1cc(C(=O)Oc2ccc(Br)cc2C=NNC(=O)c2cccc(NC(=O)c3cccc(C(F)(F)F)c3)c2)cc(OC)c1OC. The molecule has 0 spiro atoms. The predicted octanol–water partition coefficient (Wildman–Crippen LogP) is 6.73. The maximum atomic E-state index is 13.0. The first-order chi connectivity index (χ1) is 21.9. The summed E-state index contributed by atoms with van der Waals surface area (Å²) in [4.78, 5) is 38.4. The smallest absolute Gasteiger partial charge is 0.416 e. The zero-order valence-electron chi connectivity index (χ0n) is 24.4. The highest BCUT2D eigenvalue weighted by Gasteiger charge is 2.31. The van der Waals surface area contributed by atoms with E-state index in [1.807, 2.05) is 0 Å². The van der Waals surface area contributed by atoms with Crippen LogP contribution in [-0.2, 0) is 6.18 Å². The third-order valence-corrected chi connectivity index (χ3v) is 6.77. The van der Waals surface area contributed by atoms with Gasteiger partial charge in [-0.3, -0.25) is 9.59 Å². The summed E-state index contributed by atoms with van der Waals surface area (Å²) in [5.41, 5.74) is 1.91. The number of alkyl halides is 3. The lowest BCUT2D eigenvalue weighted by atomic mass is 10.1. The number of halogens is 4. The Morgan fingerprint density at radius 1 is 0.761 bits per heavy atom. The largest absolute Gasteiger partial charge is 0.493 e. The quantitative estimate of drug-likeness (QED) is 0.0814. The van der Waals surface area contributed by atoms with E-state index in [2.05, 4.69) is 31.8 Å². The molecule has 0 saturated carbocycles. The van der Waals surface area contributed by atoms with Gasteiger partial charge < -0.3 is 24.3 Å². The number of hydrogen-bond acceptors (Lipinski definition) is 8. The van der Waals surface area contributed by atoms with Crippen molar-refractivity contribution >= 4 is 45.6 Å². The summed E-state index contributed by atoms with van der Waals surface area (Å²) in [6, 6.07) is 17.4. The molecule has 0 aliphatic heterocycles. The van der Waals surface area contributed by atoms with Crippen LogP contribution in [0, 0.1) is 0 Å². The van der Waals surface area contributed by atoms with E-state index < -0.39 is 29.5 Å². The summed E-state index contributed by atoms with van der Waals surface area (Å²) in [6.07, 6.45) is -3.34. The summed E-state index contributed by atoms with van der Waals surface area (Å²) in [5, 5.41) is 6.44. The lowest BCUT2D eigenvalue weighted by molar-refractivity contribution is -0.137. The first kappa shape index (κ1) is 33.5. The lowest BCUT2D eigenvalue weighted by Gasteiger charge is -2.14. The molecular weight excluding hydrogens is 675 g/mol. The van der Waals surface area contributed by atoms with Gasteiger partial charge in [0.2, 0.25) is 5.75 Å². The molecule has 10 nitrogen and oxygen atoms in total. The molecular formula is C32H25BrF3N3O7. The topological polar surface area (TPSA) is 125 Å². The minimum atomic E-state index is -4.61. The monoisotopic (exact) mass is 699 g/mol. The number of hydrazone groups is 1. The van der Waals surface area contributed by atoms with Crippen molar-refractivity contribution < 1.29 is 46.5 Å². The van der Waals surface area contributed by atoms with E-state index in [0.717, 1.165) is 18.2 Å². The van der Waals surface area contributed by atoms with Crippen LogP contribution >= 0.6 is 15.9 Å². The number of hydrogen-bond donors (Lipinski definition) is 2. The van der Waals surface area contributed by atoms with Crippen LogP contribution in [0.15, 0.2) is 88.4 Å². The molecule has 0 aliphatic carbocycles. The summed E-state index contributed by atoms with van der Waals surface area (Å²) in [5.74, 6) is -1.23. The summed E-state index contributed by atoms with van der Waals surface area (Å²) in [6.45, 7) is 0. The Morgan fingerprint density at radius 3 is 2.04 bits per heavy atom. The standard InChI is InChI=1S/C32H25BrF3N3O7/c1-43-26-15-20(16-27(44-2)28(26)45-3)31(42)46-25-11-10-23(33)13-21(25)17-37-39-30(41)19-7-5-9-24(14-19)38-29(40)18-6-4-8-22(12-18)32(34,35)36/h4-17H,1-3H3,(H,38,40)(H,39,41). The second kappa shape index (κ2) is 14.6. The average molecular weight is 700 g/mol. The van der Waals surface area contributed by atoms with Crippen molar-refractivity contribution in [3.05, 3.63) is 111 Å². The molecule has 0 radical (unpaired) electrons. The van der Waals surface area contributed by atoms with Crippen molar-refractivity contribution in [3.8, 4) is 23.0 Å². The highest BCUT2D eigenvalue weighted by molar-refractivity contribution is 9.10. The summed E-state index contributed by atoms with van der Waals surface area (Å²) >= 11 is 3.35. The van der Waals surface area contributed by atoms with Gasteiger partial charge in [-0.1, -0.05) is 28.1 Å². The molecule has 0 aromatic heterocycles. The molecule has 4 aromatic carbocycles. The Morgan fingerprint density at radius 2 is 1.41 bits per heavy atom. The number of esters is 1. The Labute approximate surface area is 269 Å². The molecule has 238 valence electrons. The van der Waals surface area contributed by atoms with Crippen molar-refractivity contribution in [2.45, 2.75) is 6.18 Å². The summed E-state index contributed by atoms with van der Waals surface area (Å²) in [7, 11) is 4.26. The highest BCUT2D eigenvalue weighted by atomic mass is 79.9. The minimum absolute atomic E-state index is 0.0993. The molecule has 2 amide bonds. The van der Waals surface area contributed by atoms with Crippen LogP contribution in [0.2, 0.25) is 0 Å². The second-order valence-corrected chi connectivity index (χ2v) is 10.2. The van der Waals surface area contributed by atoms with Gasteiger partial charge in [0, 0.05) is 26.9 Å². The van der Waals surface area contributed by atoms with Gasteiger partial charge in [-0.05, 0) is 66.7 Å². The van der Waals surface area contributed by atoms with Gasteiger partial charge in [-0.15, -0.1) is 0 Å². The highest BCUT2D eigenvalue weighted by Crippen LogP contribution is 2.38. The normalized spacial score (nSPS) is 11.1. The van der Waals surface area contributed by atoms with Crippen LogP contribution in [0.4, 0.5) is 18.9 Å². The van der Waals surface area contributed by atoms with E-state index >= 15 is 0 Å². The number of carbonyl (C=O) groups is 3. The molecule has 2 N–H and O–H groups in total. The third kappa shape index (κ3) is 8.21. The van der Waals surface area contributed by atoms with Gasteiger partial charge in [0.15, 0.2) is 11.5 Å². The van der Waals surface area contributed by atoms with Crippen LogP contribution in [-0.4, -0.2) is 45.3 Å². The Balaban J connectivity index is 1.46. The Bertz CT molecular complexity index is 1790. The van der Waals surface area contributed by atoms with Crippen molar-refractivity contribution in [3.63, 3.8) is 0 Å². The van der Waals surface area contributed by atoms with Crippen molar-refractivity contribution in [2.24, 2.45) is 5.10 Å². The molecule has 0 aliphatic rings. The first-order valence-electron chi connectivity index (χ1n) is 13.2. The third-order valence-electron chi connectivity index (χ3n) is 6.28. The van der Waals surface area contributed by atoms with Gasteiger partial charge in [0.25, 0.3) is 11.8 Å². The molecule has 0 atom stereocenters. The number of carbonyl (C=O) groups excluding carboxylic acids is 3. The van der Waals surface area contributed by atoms with Gasteiger partial charge in [-0.25, -0.2) is 10.2 Å². The van der Waals surface area contributed by atoms with E-state index in [9.17, 15) is 27.6 Å². The molecule has 0 unspecified atom stereocenters. The fourth-order valence-corrected chi connectivity index (χ4v) is 4.45. The molecule has 0 saturated heterocycles. The maximum absolute atomic E-state index is 13.0. The first-order valence-corrected chi connectivity index (χ1v) is 14.0. The average Bonchev–Trinajstić information content (AvgIpc) is 3.04. The van der Waals surface area contributed by atoms with Gasteiger partial charge >= 0.3 is 12.1 Å². The number of anilines is 1. The molecule has 46 heavy (non-hydrogen) atoms. The van der Waals surface area contributed by atoms with Crippen LogP contribution in [0.5, 0.6) is 23.0 Å². The van der Waals surface area contributed by atoms with E-state index in [4.69, 9.17) is 18.9 Å². The number of benzene rings is 4. The van der Waals surface area contributed by atoms with Crippen LogP contribution in [0.1, 0.15) is 42.2 Å². The maximum Gasteiger partial charge on any atom is 0.416 e. The number of nitrogens with zero attached hydrogens (tertiary/aromatic N) is 1. The molecule has 4 aromatic rings. The number of rotatable bonds is 10.